The fourth-order valence-corrected chi connectivity index (χ4v) is 2.81. The van der Waals surface area contributed by atoms with Gasteiger partial charge in [-0.25, -0.2) is 19.3 Å². The Balaban J connectivity index is 2.02. The van der Waals surface area contributed by atoms with Gasteiger partial charge in [0.15, 0.2) is 11.5 Å². The van der Waals surface area contributed by atoms with E-state index in [1.807, 2.05) is 36.4 Å². The summed E-state index contributed by atoms with van der Waals surface area (Å²) >= 11 is 0. The van der Waals surface area contributed by atoms with Crippen LogP contribution in [0.3, 0.4) is 0 Å². The monoisotopic (exact) mass is 330 g/mol. The molecule has 0 saturated carbocycles. The Morgan fingerprint density at radius 3 is 2.20 bits per heavy atom. The lowest BCUT2D eigenvalue weighted by molar-refractivity contribution is 0.889. The summed E-state index contributed by atoms with van der Waals surface area (Å²) in [5, 5.41) is 0.308. The summed E-state index contributed by atoms with van der Waals surface area (Å²) in [6.45, 7) is 1.74. The van der Waals surface area contributed by atoms with Crippen molar-refractivity contribution in [2.75, 3.05) is 0 Å². The van der Waals surface area contributed by atoms with E-state index in [-0.39, 0.29) is 5.65 Å². The summed E-state index contributed by atoms with van der Waals surface area (Å²) in [4.78, 5) is 36.9. The fourth-order valence-electron chi connectivity index (χ4n) is 2.81. The van der Waals surface area contributed by atoms with E-state index in [1.165, 1.54) is 0 Å². The third-order valence-corrected chi connectivity index (χ3v) is 3.98. The number of benzene rings is 2. The third-order valence-electron chi connectivity index (χ3n) is 3.98. The Hall–Kier alpha value is -3.54. The largest absolute Gasteiger partial charge is 0.334 e. The normalized spacial score (nSPS) is 10.9. The zero-order chi connectivity index (χ0) is 17.4. The van der Waals surface area contributed by atoms with E-state index in [1.54, 1.807) is 31.2 Å². The number of aromatic nitrogens is 4. The van der Waals surface area contributed by atoms with E-state index >= 15 is 0 Å². The molecule has 25 heavy (non-hydrogen) atoms. The van der Waals surface area contributed by atoms with E-state index in [2.05, 4.69) is 15.0 Å². The minimum Gasteiger partial charge on any atom is -0.291 e. The molecule has 2 heterocycles. The van der Waals surface area contributed by atoms with Gasteiger partial charge >= 0.3 is 5.69 Å². The van der Waals surface area contributed by atoms with Crippen molar-refractivity contribution in [2.24, 2.45) is 0 Å². The SMILES string of the molecule is Cc1nc(-c2ccccc2)nc2[nH]c(=O)n(-c3ccccc3)c(=O)c12. The first-order valence-corrected chi connectivity index (χ1v) is 7.79. The van der Waals surface area contributed by atoms with Crippen LogP contribution in [0, 0.1) is 6.92 Å². The minimum absolute atomic E-state index is 0.244. The van der Waals surface area contributed by atoms with Crippen LogP contribution in [0.2, 0.25) is 0 Å². The van der Waals surface area contributed by atoms with Crippen molar-refractivity contribution in [2.45, 2.75) is 6.92 Å². The van der Waals surface area contributed by atoms with E-state index < -0.39 is 11.2 Å². The molecule has 0 bridgehead atoms. The number of fused-ring (bicyclic) bond motifs is 1. The zero-order valence-corrected chi connectivity index (χ0v) is 13.4. The van der Waals surface area contributed by atoms with Gasteiger partial charge < -0.3 is 0 Å². The highest BCUT2D eigenvalue weighted by Gasteiger charge is 2.15. The Morgan fingerprint density at radius 1 is 0.880 bits per heavy atom. The minimum atomic E-state index is -0.527. The van der Waals surface area contributed by atoms with Crippen LogP contribution in [0.15, 0.2) is 70.3 Å². The molecule has 0 unspecified atom stereocenters. The molecular weight excluding hydrogens is 316 g/mol. The summed E-state index contributed by atoms with van der Waals surface area (Å²) in [6, 6.07) is 18.2. The molecule has 2 aromatic heterocycles. The molecule has 4 rings (SSSR count). The fraction of sp³-hybridized carbons (Fsp3) is 0.0526. The van der Waals surface area contributed by atoms with E-state index in [9.17, 15) is 9.59 Å². The van der Waals surface area contributed by atoms with Crippen molar-refractivity contribution < 1.29 is 0 Å². The molecule has 1 N–H and O–H groups in total. The number of para-hydroxylation sites is 1. The van der Waals surface area contributed by atoms with Crippen LogP contribution in [0.25, 0.3) is 28.1 Å². The van der Waals surface area contributed by atoms with E-state index in [4.69, 9.17) is 0 Å². The summed E-state index contributed by atoms with van der Waals surface area (Å²) in [7, 11) is 0. The van der Waals surface area contributed by atoms with Crippen molar-refractivity contribution in [1.29, 1.82) is 0 Å². The number of nitrogens with zero attached hydrogens (tertiary/aromatic N) is 3. The molecule has 0 radical (unpaired) electrons. The Morgan fingerprint density at radius 2 is 1.52 bits per heavy atom. The number of aromatic amines is 1. The maximum Gasteiger partial charge on any atom is 0.334 e. The van der Waals surface area contributed by atoms with Gasteiger partial charge in [-0.2, -0.15) is 0 Å². The molecule has 0 spiro atoms. The molecule has 0 atom stereocenters. The standard InChI is InChI=1S/C19H14N4O2/c1-12-15-17(21-16(20-12)13-8-4-2-5-9-13)22-19(25)23(18(15)24)14-10-6-3-7-11-14/h2-11H,1H3,(H,20,21,22,25). The zero-order valence-electron chi connectivity index (χ0n) is 13.4. The Bertz CT molecular complexity index is 1180. The first-order valence-electron chi connectivity index (χ1n) is 7.79. The van der Waals surface area contributed by atoms with Gasteiger partial charge in [-0.15, -0.1) is 0 Å². The van der Waals surface area contributed by atoms with Crippen molar-refractivity contribution >= 4 is 11.0 Å². The van der Waals surface area contributed by atoms with Gasteiger partial charge in [-0.1, -0.05) is 48.5 Å². The highest BCUT2D eigenvalue weighted by atomic mass is 16.2. The lowest BCUT2D eigenvalue weighted by Gasteiger charge is -2.09. The van der Waals surface area contributed by atoms with Crippen LogP contribution in [0.4, 0.5) is 0 Å². The summed E-state index contributed by atoms with van der Waals surface area (Å²) in [5.41, 5.74) is 1.13. The van der Waals surface area contributed by atoms with E-state index in [0.717, 1.165) is 10.1 Å². The summed E-state index contributed by atoms with van der Waals surface area (Å²) in [5.74, 6) is 0.470. The Kier molecular flexibility index (Phi) is 3.50. The van der Waals surface area contributed by atoms with Crippen molar-refractivity contribution in [3.05, 3.63) is 87.2 Å². The maximum atomic E-state index is 12.9. The molecule has 6 heteroatoms. The number of rotatable bonds is 2. The van der Waals surface area contributed by atoms with Crippen LogP contribution in [0.1, 0.15) is 5.69 Å². The van der Waals surface area contributed by atoms with Gasteiger partial charge in [0.05, 0.1) is 11.4 Å². The second-order valence-corrected chi connectivity index (χ2v) is 5.63. The van der Waals surface area contributed by atoms with Gasteiger partial charge in [0.25, 0.3) is 5.56 Å². The third kappa shape index (κ3) is 2.53. The number of H-pyrrole nitrogens is 1. The second kappa shape index (κ2) is 5.83. The van der Waals surface area contributed by atoms with Gasteiger partial charge in [-0.05, 0) is 19.1 Å². The van der Waals surface area contributed by atoms with Crippen LogP contribution < -0.4 is 11.2 Å². The molecule has 2 aromatic carbocycles. The second-order valence-electron chi connectivity index (χ2n) is 5.63. The highest BCUT2D eigenvalue weighted by molar-refractivity contribution is 5.78. The van der Waals surface area contributed by atoms with Crippen molar-refractivity contribution in [1.82, 2.24) is 19.5 Å². The first kappa shape index (κ1) is 15.0. The number of hydrogen-bond acceptors (Lipinski definition) is 4. The number of hydrogen-bond donors (Lipinski definition) is 1. The molecule has 0 aliphatic carbocycles. The number of nitrogens with one attached hydrogen (secondary N) is 1. The molecule has 4 aromatic rings. The molecular formula is C19H14N4O2. The van der Waals surface area contributed by atoms with Crippen LogP contribution in [0.5, 0.6) is 0 Å². The molecule has 6 nitrogen and oxygen atoms in total. The molecule has 0 aliphatic rings. The predicted octanol–water partition coefficient (Wildman–Crippen LogP) is 2.44. The average molecular weight is 330 g/mol. The van der Waals surface area contributed by atoms with Crippen molar-refractivity contribution in [3.8, 4) is 17.1 Å². The highest BCUT2D eigenvalue weighted by Crippen LogP contribution is 2.17. The van der Waals surface area contributed by atoms with Gasteiger partial charge in [0.1, 0.15) is 5.39 Å². The lowest BCUT2D eigenvalue weighted by Crippen LogP contribution is -2.34. The van der Waals surface area contributed by atoms with Gasteiger partial charge in [0.2, 0.25) is 0 Å². The molecule has 0 amide bonds. The van der Waals surface area contributed by atoms with Crippen LogP contribution in [-0.2, 0) is 0 Å². The molecule has 0 aliphatic heterocycles. The van der Waals surface area contributed by atoms with Crippen LogP contribution in [-0.4, -0.2) is 19.5 Å². The summed E-state index contributed by atoms with van der Waals surface area (Å²) < 4.78 is 1.10. The lowest BCUT2D eigenvalue weighted by atomic mass is 10.2. The molecule has 0 saturated heterocycles. The quantitative estimate of drug-likeness (QED) is 0.612. The summed E-state index contributed by atoms with van der Waals surface area (Å²) in [6.07, 6.45) is 0. The average Bonchev–Trinajstić information content (AvgIpc) is 2.62. The maximum absolute atomic E-state index is 12.9. The van der Waals surface area contributed by atoms with Crippen LogP contribution >= 0.6 is 0 Å². The van der Waals surface area contributed by atoms with Gasteiger partial charge in [-0.3, -0.25) is 9.78 Å². The topological polar surface area (TPSA) is 80.6 Å². The van der Waals surface area contributed by atoms with E-state index in [0.29, 0.717) is 22.6 Å². The predicted molar refractivity (Wildman–Crippen MR) is 95.9 cm³/mol. The molecule has 0 fully saturated rings. The smallest absolute Gasteiger partial charge is 0.291 e. The molecule has 122 valence electrons. The number of aryl methyl sites for hydroxylation is 1. The van der Waals surface area contributed by atoms with Crippen molar-refractivity contribution in [3.63, 3.8) is 0 Å². The van der Waals surface area contributed by atoms with Gasteiger partial charge in [0, 0.05) is 5.56 Å². The first-order chi connectivity index (χ1) is 12.1. The Labute approximate surface area is 142 Å².